The Hall–Kier alpha value is -2.15. The van der Waals surface area contributed by atoms with Gasteiger partial charge >= 0.3 is 12.1 Å². The third-order valence-electron chi connectivity index (χ3n) is 4.33. The number of benzene rings is 1. The lowest BCUT2D eigenvalue weighted by atomic mass is 9.75. The molecule has 1 aliphatic heterocycles. The van der Waals surface area contributed by atoms with Crippen molar-refractivity contribution in [2.45, 2.75) is 57.2 Å². The van der Waals surface area contributed by atoms with Crippen LogP contribution in [0.4, 0.5) is 9.18 Å². The van der Waals surface area contributed by atoms with Gasteiger partial charge in [0.25, 0.3) is 0 Å². The van der Waals surface area contributed by atoms with Crippen LogP contribution in [-0.2, 0) is 19.7 Å². The zero-order chi connectivity index (χ0) is 19.4. The van der Waals surface area contributed by atoms with Gasteiger partial charge in [0.2, 0.25) is 0 Å². The number of carboxylic acid groups (broad SMARTS) is 1. The normalized spacial score (nSPS) is 19.6. The summed E-state index contributed by atoms with van der Waals surface area (Å²) in [5.41, 5.74) is -2.33. The van der Waals surface area contributed by atoms with Crippen molar-refractivity contribution in [3.63, 3.8) is 0 Å². The Bertz CT molecular complexity index is 652. The average molecular weight is 367 g/mol. The summed E-state index contributed by atoms with van der Waals surface area (Å²) in [5, 5.41) is 12.5. The summed E-state index contributed by atoms with van der Waals surface area (Å²) < 4.78 is 25.2. The van der Waals surface area contributed by atoms with E-state index in [1.54, 1.807) is 26.8 Å². The van der Waals surface area contributed by atoms with Crippen LogP contribution < -0.4 is 5.32 Å². The largest absolute Gasteiger partial charge is 0.481 e. The van der Waals surface area contributed by atoms with Crippen molar-refractivity contribution >= 4 is 12.1 Å². The Morgan fingerprint density at radius 2 is 2.04 bits per heavy atom. The van der Waals surface area contributed by atoms with Crippen LogP contribution in [0.15, 0.2) is 24.3 Å². The minimum Gasteiger partial charge on any atom is -0.481 e. The zero-order valence-corrected chi connectivity index (χ0v) is 15.4. The molecule has 1 aromatic carbocycles. The summed E-state index contributed by atoms with van der Waals surface area (Å²) in [5.74, 6) is -1.84. The number of rotatable bonds is 6. The molecule has 2 N–H and O–H groups in total. The van der Waals surface area contributed by atoms with Crippen molar-refractivity contribution in [2.75, 3.05) is 13.2 Å². The van der Waals surface area contributed by atoms with Gasteiger partial charge in [-0.3, -0.25) is 4.79 Å². The molecule has 2 atom stereocenters. The van der Waals surface area contributed by atoms with Crippen molar-refractivity contribution in [2.24, 2.45) is 0 Å². The highest BCUT2D eigenvalue weighted by Crippen LogP contribution is 2.35. The van der Waals surface area contributed by atoms with Crippen LogP contribution in [0.3, 0.4) is 0 Å². The maximum absolute atomic E-state index is 14.5. The summed E-state index contributed by atoms with van der Waals surface area (Å²) in [6, 6.07) is 5.74. The van der Waals surface area contributed by atoms with Crippen molar-refractivity contribution in [1.82, 2.24) is 5.32 Å². The summed E-state index contributed by atoms with van der Waals surface area (Å²) in [6.07, 6.45) is 0.560. The van der Waals surface area contributed by atoms with Crippen molar-refractivity contribution in [3.05, 3.63) is 35.6 Å². The Morgan fingerprint density at radius 1 is 1.35 bits per heavy atom. The molecule has 6 nitrogen and oxygen atoms in total. The number of carbonyl (C=O) groups is 2. The van der Waals surface area contributed by atoms with E-state index in [0.717, 1.165) is 6.42 Å². The molecule has 0 saturated carbocycles. The van der Waals surface area contributed by atoms with Gasteiger partial charge in [-0.15, -0.1) is 0 Å². The van der Waals surface area contributed by atoms with Crippen molar-refractivity contribution < 1.29 is 28.6 Å². The first-order chi connectivity index (χ1) is 12.1. The molecule has 2 unspecified atom stereocenters. The zero-order valence-electron chi connectivity index (χ0n) is 15.4. The number of hydrogen-bond acceptors (Lipinski definition) is 4. The van der Waals surface area contributed by atoms with E-state index in [4.69, 9.17) is 9.47 Å². The van der Waals surface area contributed by atoms with Crippen LogP contribution in [0.25, 0.3) is 0 Å². The molecule has 0 spiro atoms. The maximum Gasteiger partial charge on any atom is 0.407 e. The topological polar surface area (TPSA) is 84.9 Å². The molecule has 144 valence electrons. The fraction of sp³-hybridized carbons (Fsp3) is 0.579. The molecule has 26 heavy (non-hydrogen) atoms. The fourth-order valence-corrected chi connectivity index (χ4v) is 3.14. The number of hydrogen-bond donors (Lipinski definition) is 2. The van der Waals surface area contributed by atoms with E-state index in [-0.39, 0.29) is 24.6 Å². The van der Waals surface area contributed by atoms with E-state index in [1.165, 1.54) is 18.2 Å². The molecule has 1 aromatic rings. The van der Waals surface area contributed by atoms with Gasteiger partial charge in [-0.1, -0.05) is 18.2 Å². The molecule has 1 saturated heterocycles. The molecule has 1 amide bonds. The Morgan fingerprint density at radius 3 is 2.58 bits per heavy atom. The van der Waals surface area contributed by atoms with Gasteiger partial charge < -0.3 is 19.9 Å². The number of carbonyl (C=O) groups excluding carboxylic acids is 1. The monoisotopic (exact) mass is 367 g/mol. The first kappa shape index (κ1) is 20.2. The van der Waals surface area contributed by atoms with E-state index in [1.807, 2.05) is 0 Å². The van der Waals surface area contributed by atoms with Crippen LogP contribution in [0.1, 0.15) is 45.6 Å². The van der Waals surface area contributed by atoms with Crippen LogP contribution >= 0.6 is 0 Å². The lowest BCUT2D eigenvalue weighted by Gasteiger charge is -2.33. The van der Waals surface area contributed by atoms with Crippen LogP contribution in [0.5, 0.6) is 0 Å². The number of aliphatic carboxylic acids is 1. The lowest BCUT2D eigenvalue weighted by molar-refractivity contribution is -0.145. The second kappa shape index (κ2) is 8.03. The van der Waals surface area contributed by atoms with Crippen molar-refractivity contribution in [1.29, 1.82) is 0 Å². The molecule has 2 rings (SSSR count). The highest BCUT2D eigenvalue weighted by Gasteiger charge is 2.45. The standard InChI is InChI=1S/C19H26FNO5/c1-18(2,3)26-17(24)21-12-19(16(22)23,11-13-7-6-10-25-13)14-8-4-5-9-15(14)20/h4-5,8-9,13H,6-7,10-12H2,1-3H3,(H,21,24)(H,22,23). The van der Waals surface area contributed by atoms with Gasteiger partial charge in [0.1, 0.15) is 16.8 Å². The lowest BCUT2D eigenvalue weighted by Crippen LogP contribution is -2.50. The summed E-state index contributed by atoms with van der Waals surface area (Å²) in [6.45, 7) is 5.38. The molecular weight excluding hydrogens is 341 g/mol. The molecule has 1 fully saturated rings. The minimum atomic E-state index is -1.64. The predicted molar refractivity (Wildman–Crippen MR) is 93.5 cm³/mol. The summed E-state index contributed by atoms with van der Waals surface area (Å²) >= 11 is 0. The quantitative estimate of drug-likeness (QED) is 0.806. The summed E-state index contributed by atoms with van der Waals surface area (Å²) in [7, 11) is 0. The molecule has 1 aliphatic rings. The summed E-state index contributed by atoms with van der Waals surface area (Å²) in [4.78, 5) is 24.3. The van der Waals surface area contributed by atoms with Gasteiger partial charge in [0.05, 0.1) is 6.10 Å². The van der Waals surface area contributed by atoms with Gasteiger partial charge in [0, 0.05) is 18.7 Å². The Labute approximate surface area is 152 Å². The number of nitrogens with one attached hydrogen (secondary N) is 1. The molecule has 7 heteroatoms. The highest BCUT2D eigenvalue weighted by molar-refractivity contribution is 5.83. The van der Waals surface area contributed by atoms with Crippen LogP contribution in [0.2, 0.25) is 0 Å². The Kier molecular flexibility index (Phi) is 6.23. The second-order valence-corrected chi connectivity index (χ2v) is 7.56. The number of carboxylic acids is 1. The van der Waals surface area contributed by atoms with E-state index in [0.29, 0.717) is 13.0 Å². The average Bonchev–Trinajstić information content (AvgIpc) is 3.03. The first-order valence-corrected chi connectivity index (χ1v) is 8.71. The number of alkyl carbamates (subject to hydrolysis) is 1. The van der Waals surface area contributed by atoms with E-state index < -0.39 is 28.9 Å². The van der Waals surface area contributed by atoms with Gasteiger partial charge in [-0.05, 0) is 46.1 Å². The fourth-order valence-electron chi connectivity index (χ4n) is 3.14. The molecule has 0 radical (unpaired) electrons. The minimum absolute atomic E-state index is 0.0269. The smallest absolute Gasteiger partial charge is 0.407 e. The van der Waals surface area contributed by atoms with E-state index in [2.05, 4.69) is 5.32 Å². The van der Waals surface area contributed by atoms with E-state index >= 15 is 0 Å². The molecule has 0 aromatic heterocycles. The highest BCUT2D eigenvalue weighted by atomic mass is 19.1. The van der Waals surface area contributed by atoms with Gasteiger partial charge in [-0.25, -0.2) is 9.18 Å². The van der Waals surface area contributed by atoms with Gasteiger partial charge in [-0.2, -0.15) is 0 Å². The second-order valence-electron chi connectivity index (χ2n) is 7.56. The van der Waals surface area contributed by atoms with Crippen LogP contribution in [0, 0.1) is 5.82 Å². The third kappa shape index (κ3) is 4.94. The van der Waals surface area contributed by atoms with E-state index in [9.17, 15) is 19.1 Å². The molecular formula is C19H26FNO5. The molecule has 0 aliphatic carbocycles. The number of halogens is 1. The van der Waals surface area contributed by atoms with Gasteiger partial charge in [0.15, 0.2) is 0 Å². The van der Waals surface area contributed by atoms with Crippen LogP contribution in [-0.4, -0.2) is 42.0 Å². The number of amides is 1. The number of ether oxygens (including phenoxy) is 2. The maximum atomic E-state index is 14.5. The SMILES string of the molecule is CC(C)(C)OC(=O)NCC(CC1CCCO1)(C(=O)O)c1ccccc1F. The molecule has 1 heterocycles. The third-order valence-corrected chi connectivity index (χ3v) is 4.33. The predicted octanol–water partition coefficient (Wildman–Crippen LogP) is 3.24. The Balaban J connectivity index is 2.31. The first-order valence-electron chi connectivity index (χ1n) is 8.71. The molecule has 0 bridgehead atoms. The van der Waals surface area contributed by atoms with Crippen molar-refractivity contribution in [3.8, 4) is 0 Å².